The fourth-order valence-corrected chi connectivity index (χ4v) is 6.26. The first-order valence-electron chi connectivity index (χ1n) is 12.0. The molecule has 0 spiro atoms. The Hall–Kier alpha value is -2.43. The van der Waals surface area contributed by atoms with Crippen molar-refractivity contribution >= 4 is 39.0 Å². The summed E-state index contributed by atoms with van der Waals surface area (Å²) in [6.07, 6.45) is 5.25. The van der Waals surface area contributed by atoms with E-state index in [2.05, 4.69) is 14.4 Å². The second-order valence-corrected chi connectivity index (χ2v) is 12.0. The molecule has 0 saturated carbocycles. The molecule has 2 aromatic rings. The molecule has 3 rings (SSSR count). The molecule has 0 bridgehead atoms. The number of hydrogen-bond donors (Lipinski definition) is 2. The number of fused-ring (bicyclic) bond motifs is 1. The van der Waals surface area contributed by atoms with Crippen LogP contribution in [0, 0.1) is 11.8 Å². The van der Waals surface area contributed by atoms with E-state index in [1.54, 1.807) is 24.4 Å². The van der Waals surface area contributed by atoms with Gasteiger partial charge in [0.2, 0.25) is 15.8 Å². The summed E-state index contributed by atoms with van der Waals surface area (Å²) in [4.78, 5) is 40.1. The summed E-state index contributed by atoms with van der Waals surface area (Å²) in [6, 6.07) is 6.88. The summed E-state index contributed by atoms with van der Waals surface area (Å²) in [6.45, 7) is 4.19. The van der Waals surface area contributed by atoms with Crippen LogP contribution in [0.4, 0.5) is 0 Å². The van der Waals surface area contributed by atoms with Crippen molar-refractivity contribution in [2.24, 2.45) is 11.8 Å². The van der Waals surface area contributed by atoms with Gasteiger partial charge in [0.05, 0.1) is 10.9 Å². The monoisotopic (exact) mass is 519 g/mol. The van der Waals surface area contributed by atoms with Gasteiger partial charge in [-0.25, -0.2) is 17.5 Å². The van der Waals surface area contributed by atoms with Crippen molar-refractivity contribution in [1.29, 1.82) is 0 Å². The lowest BCUT2D eigenvalue weighted by Gasteiger charge is -2.22. The smallest absolute Gasteiger partial charge is 0.287 e. The van der Waals surface area contributed by atoms with E-state index in [-0.39, 0.29) is 29.4 Å². The molecule has 2 heterocycles. The van der Waals surface area contributed by atoms with Crippen molar-refractivity contribution in [3.63, 3.8) is 0 Å². The van der Waals surface area contributed by atoms with Crippen LogP contribution in [0.1, 0.15) is 56.4 Å². The largest absolute Gasteiger partial charge is 0.349 e. The summed E-state index contributed by atoms with van der Waals surface area (Å²) >= 11 is 1.44. The predicted octanol–water partition coefficient (Wildman–Crippen LogP) is 3.07. The maximum Gasteiger partial charge on any atom is 0.287 e. The summed E-state index contributed by atoms with van der Waals surface area (Å²) in [5.74, 6) is -2.49. The number of rotatable bonds is 8. The van der Waals surface area contributed by atoms with Crippen molar-refractivity contribution in [1.82, 2.24) is 14.4 Å². The number of nitrogens with zero attached hydrogens (tertiary/aromatic N) is 1. The third-order valence-corrected chi connectivity index (χ3v) is 8.48. The molecular formula is C25H33N3O5S2. The molecule has 2 atom stereocenters. The number of sulfonamides is 1. The van der Waals surface area contributed by atoms with Crippen LogP contribution >= 0.6 is 11.5 Å². The SMILES string of the molecule is CC(C)CC(NS(=O)(=O)c1ccccc1)C(=O)CC1CCc2cnsc2CCCCNC(=O)C1=O. The van der Waals surface area contributed by atoms with E-state index in [1.165, 1.54) is 28.5 Å². The second kappa shape index (κ2) is 12.5. The molecule has 0 radical (unpaired) electrons. The van der Waals surface area contributed by atoms with Crippen LogP contribution in [0.15, 0.2) is 41.4 Å². The summed E-state index contributed by atoms with van der Waals surface area (Å²) < 4.78 is 32.6. The highest BCUT2D eigenvalue weighted by atomic mass is 32.2. The van der Waals surface area contributed by atoms with Crippen molar-refractivity contribution in [2.75, 3.05) is 6.54 Å². The minimum atomic E-state index is -3.92. The zero-order valence-corrected chi connectivity index (χ0v) is 21.8. The Bertz CT molecular complexity index is 1130. The number of aryl methyl sites for hydroxylation is 2. The van der Waals surface area contributed by atoms with Crippen LogP contribution in [0.3, 0.4) is 0 Å². The molecule has 1 aliphatic rings. The summed E-state index contributed by atoms with van der Waals surface area (Å²) in [5, 5.41) is 2.67. The highest BCUT2D eigenvalue weighted by molar-refractivity contribution is 7.89. The van der Waals surface area contributed by atoms with Crippen LogP contribution in [0.25, 0.3) is 0 Å². The van der Waals surface area contributed by atoms with Gasteiger partial charge in [-0.1, -0.05) is 32.0 Å². The van der Waals surface area contributed by atoms with Crippen LogP contribution in [-0.4, -0.2) is 42.9 Å². The quantitative estimate of drug-likeness (QED) is 0.517. The Morgan fingerprint density at radius 2 is 1.91 bits per heavy atom. The maximum absolute atomic E-state index is 13.4. The Morgan fingerprint density at radius 1 is 1.17 bits per heavy atom. The van der Waals surface area contributed by atoms with Gasteiger partial charge in [0.1, 0.15) is 0 Å². The van der Waals surface area contributed by atoms with Gasteiger partial charge >= 0.3 is 0 Å². The molecule has 190 valence electrons. The standard InChI is InChI=1S/C25H33N3O5S2/c1-17(2)14-21(28-35(32,33)20-8-4-3-5-9-20)22(29)15-18-11-12-19-16-27-34-23(19)10-6-7-13-26-25(31)24(18)30/h3-5,8-9,16-18,21,28H,6-7,10-15H2,1-2H3,(H,26,31). The van der Waals surface area contributed by atoms with Crippen LogP contribution in [0.5, 0.6) is 0 Å². The molecule has 8 nitrogen and oxygen atoms in total. The minimum absolute atomic E-state index is 0.0390. The van der Waals surface area contributed by atoms with Gasteiger partial charge in [0.15, 0.2) is 5.78 Å². The van der Waals surface area contributed by atoms with Crippen LogP contribution in [0.2, 0.25) is 0 Å². The zero-order chi connectivity index (χ0) is 25.4. The Balaban J connectivity index is 1.80. The van der Waals surface area contributed by atoms with Gasteiger partial charge in [0.25, 0.3) is 5.91 Å². The van der Waals surface area contributed by atoms with Gasteiger partial charge in [0, 0.05) is 30.0 Å². The van der Waals surface area contributed by atoms with E-state index in [0.29, 0.717) is 19.4 Å². The molecule has 1 aromatic heterocycles. The van der Waals surface area contributed by atoms with E-state index in [0.717, 1.165) is 24.8 Å². The van der Waals surface area contributed by atoms with Gasteiger partial charge < -0.3 is 5.32 Å². The second-order valence-electron chi connectivity index (χ2n) is 9.37. The molecule has 1 aromatic carbocycles. The number of carbonyl (C=O) groups excluding carboxylic acids is 3. The van der Waals surface area contributed by atoms with Crippen molar-refractivity contribution in [2.45, 2.75) is 69.7 Å². The normalized spacial score (nSPS) is 18.8. The third kappa shape index (κ3) is 7.78. The van der Waals surface area contributed by atoms with Gasteiger partial charge in [-0.15, -0.1) is 0 Å². The van der Waals surface area contributed by atoms with Crippen molar-refractivity contribution in [3.05, 3.63) is 47.0 Å². The Kier molecular flexibility index (Phi) is 9.71. The number of carbonyl (C=O) groups is 3. The number of amides is 1. The van der Waals surface area contributed by atoms with Crippen molar-refractivity contribution < 1.29 is 22.8 Å². The minimum Gasteiger partial charge on any atom is -0.349 e. The molecular weight excluding hydrogens is 486 g/mol. The van der Waals surface area contributed by atoms with Crippen LogP contribution in [-0.2, 0) is 37.2 Å². The first-order valence-corrected chi connectivity index (χ1v) is 14.3. The molecule has 0 saturated heterocycles. The highest BCUT2D eigenvalue weighted by Crippen LogP contribution is 2.24. The lowest BCUT2D eigenvalue weighted by Crippen LogP contribution is -2.44. The Labute approximate surface area is 211 Å². The summed E-state index contributed by atoms with van der Waals surface area (Å²) in [5.41, 5.74) is 1.05. The average Bonchev–Trinajstić information content (AvgIpc) is 3.27. The molecule has 0 aliphatic carbocycles. The number of ketones is 2. The topological polar surface area (TPSA) is 122 Å². The first-order chi connectivity index (χ1) is 16.7. The first kappa shape index (κ1) is 27.2. The third-order valence-electron chi connectivity index (χ3n) is 6.10. The summed E-state index contributed by atoms with van der Waals surface area (Å²) in [7, 11) is -3.92. The van der Waals surface area contributed by atoms with E-state index in [1.807, 2.05) is 13.8 Å². The van der Waals surface area contributed by atoms with Crippen molar-refractivity contribution in [3.8, 4) is 0 Å². The fraction of sp³-hybridized carbons (Fsp3) is 0.520. The average molecular weight is 520 g/mol. The molecule has 35 heavy (non-hydrogen) atoms. The maximum atomic E-state index is 13.4. The number of Topliss-reactive ketones (excluding diaryl/α,β-unsaturated/α-hetero) is 2. The molecule has 1 amide bonds. The van der Waals surface area contributed by atoms with E-state index in [9.17, 15) is 22.8 Å². The lowest BCUT2D eigenvalue weighted by atomic mass is 9.87. The lowest BCUT2D eigenvalue weighted by molar-refractivity contribution is -0.141. The van der Waals surface area contributed by atoms with Gasteiger partial charge in [-0.05, 0) is 73.7 Å². The molecule has 1 aliphatic heterocycles. The molecule has 0 fully saturated rings. The predicted molar refractivity (Wildman–Crippen MR) is 135 cm³/mol. The molecule has 2 N–H and O–H groups in total. The van der Waals surface area contributed by atoms with E-state index < -0.39 is 33.7 Å². The highest BCUT2D eigenvalue weighted by Gasteiger charge is 2.32. The number of aromatic nitrogens is 1. The number of nitrogens with one attached hydrogen (secondary N) is 2. The van der Waals surface area contributed by atoms with E-state index in [4.69, 9.17) is 0 Å². The molecule has 10 heteroatoms. The van der Waals surface area contributed by atoms with Gasteiger partial charge in [-0.2, -0.15) is 0 Å². The Morgan fingerprint density at radius 3 is 2.63 bits per heavy atom. The van der Waals surface area contributed by atoms with Gasteiger partial charge in [-0.3, -0.25) is 14.4 Å². The number of hydrogen-bond acceptors (Lipinski definition) is 7. The van der Waals surface area contributed by atoms with E-state index >= 15 is 0 Å². The fourth-order valence-electron chi connectivity index (χ4n) is 4.19. The number of benzene rings is 1. The zero-order valence-electron chi connectivity index (χ0n) is 20.2. The van der Waals surface area contributed by atoms with Crippen LogP contribution < -0.4 is 10.0 Å². The molecule has 2 unspecified atom stereocenters.